The van der Waals surface area contributed by atoms with Gasteiger partial charge in [-0.1, -0.05) is 186 Å². The average molecular weight is 1090 g/mol. The Bertz CT molecular complexity index is 1490. The van der Waals surface area contributed by atoms with E-state index < -0.39 is 124 Å². The molecule has 12 N–H and O–H groups in total. The van der Waals surface area contributed by atoms with E-state index in [1.54, 1.807) is 6.08 Å². The summed E-state index contributed by atoms with van der Waals surface area (Å²) in [6.07, 6.45) is 16.1. The van der Waals surface area contributed by atoms with Gasteiger partial charge in [-0.25, -0.2) is 0 Å². The molecule has 0 aromatic rings. The second kappa shape index (κ2) is 41.3. The Balaban J connectivity index is 1.36. The molecule has 0 aromatic heterocycles. The Morgan fingerprint density at radius 2 is 0.842 bits per heavy atom. The van der Waals surface area contributed by atoms with E-state index in [-0.39, 0.29) is 18.9 Å². The number of rotatable bonds is 43. The normalized spacial score (nSPS) is 31.1. The number of amides is 1. The first-order valence-electron chi connectivity index (χ1n) is 29.6. The monoisotopic (exact) mass is 1090 g/mol. The molecule has 3 aliphatic rings. The zero-order valence-corrected chi connectivity index (χ0v) is 46.2. The van der Waals surface area contributed by atoms with E-state index in [1.807, 2.05) is 13.0 Å². The summed E-state index contributed by atoms with van der Waals surface area (Å²) in [5.41, 5.74) is 0. The number of hydrogen-bond donors (Lipinski definition) is 12. The second-order valence-corrected chi connectivity index (χ2v) is 21.5. The lowest BCUT2D eigenvalue weighted by Crippen LogP contribution is -2.66. The number of carbonyl (C=O) groups is 1. The topological polar surface area (TPSA) is 307 Å². The van der Waals surface area contributed by atoms with E-state index in [2.05, 4.69) is 24.4 Å². The van der Waals surface area contributed by atoms with Crippen molar-refractivity contribution in [3.8, 4) is 0 Å². The highest BCUT2D eigenvalue weighted by atomic mass is 16.8. The predicted octanol–water partition coefficient (Wildman–Crippen LogP) is 4.76. The first kappa shape index (κ1) is 68.5. The summed E-state index contributed by atoms with van der Waals surface area (Å²) in [5, 5.41) is 119. The van der Waals surface area contributed by atoms with Crippen LogP contribution in [0.4, 0.5) is 0 Å². The van der Waals surface area contributed by atoms with Crippen molar-refractivity contribution in [3.05, 3.63) is 24.3 Å². The first-order chi connectivity index (χ1) is 36.8. The minimum absolute atomic E-state index is 0.222. The largest absolute Gasteiger partial charge is 0.394 e. The molecule has 0 aromatic carbocycles. The van der Waals surface area contributed by atoms with Crippen LogP contribution in [0, 0.1) is 0 Å². The third-order valence-corrected chi connectivity index (χ3v) is 15.0. The Morgan fingerprint density at radius 3 is 1.32 bits per heavy atom. The molecule has 0 radical (unpaired) electrons. The molecule has 3 fully saturated rings. The number of hydrogen-bond acceptors (Lipinski definition) is 18. The van der Waals surface area contributed by atoms with Crippen LogP contribution in [0.3, 0.4) is 0 Å². The van der Waals surface area contributed by atoms with Gasteiger partial charge in [-0.3, -0.25) is 4.79 Å². The summed E-state index contributed by atoms with van der Waals surface area (Å²) in [5.74, 6) is -0.310. The standard InChI is InChI=1S/C57H105NO18/c1-3-5-7-8-9-10-11-12-13-14-15-16-17-18-19-20-21-22-23-24-25-26-27-28-29-30-31-33-34-41(62)40(58-45(63)35-32-6-4-2)39-71-55-51(69)48(66)53(43(37-60)73-55)76-57-52(70)49(67)54(44(38-61)74-57)75-56-50(68)47(65)46(64)42(36-59)72-56/h28-29,33-34,40-44,46-57,59-62,64-70H,3-27,30-32,35-39H2,1-2H3,(H,58,63)/b29-28+,34-33+. The van der Waals surface area contributed by atoms with Crippen LogP contribution >= 0.6 is 0 Å². The molecule has 3 saturated heterocycles. The van der Waals surface area contributed by atoms with Crippen LogP contribution in [0.5, 0.6) is 0 Å². The Morgan fingerprint density at radius 1 is 0.461 bits per heavy atom. The lowest BCUT2D eigenvalue weighted by molar-refractivity contribution is -0.379. The summed E-state index contributed by atoms with van der Waals surface area (Å²) in [4.78, 5) is 12.9. The van der Waals surface area contributed by atoms with Gasteiger partial charge in [0.05, 0.1) is 38.6 Å². The summed E-state index contributed by atoms with van der Waals surface area (Å²) < 4.78 is 34.0. The van der Waals surface area contributed by atoms with Crippen LogP contribution in [0.2, 0.25) is 0 Å². The summed E-state index contributed by atoms with van der Waals surface area (Å²) in [6, 6.07) is -0.981. The fourth-order valence-corrected chi connectivity index (χ4v) is 10.1. The van der Waals surface area contributed by atoms with Crippen molar-refractivity contribution in [2.45, 2.75) is 304 Å². The van der Waals surface area contributed by atoms with Gasteiger partial charge in [0.15, 0.2) is 18.9 Å². The Hall–Kier alpha value is -1.73. The van der Waals surface area contributed by atoms with Crippen molar-refractivity contribution in [1.82, 2.24) is 5.32 Å². The fourth-order valence-electron chi connectivity index (χ4n) is 10.1. The summed E-state index contributed by atoms with van der Waals surface area (Å²) >= 11 is 0. The molecule has 17 atom stereocenters. The predicted molar refractivity (Wildman–Crippen MR) is 286 cm³/mol. The molecule has 0 spiro atoms. The quantitative estimate of drug-likeness (QED) is 0.0289. The lowest BCUT2D eigenvalue weighted by atomic mass is 9.96. The molecule has 0 bridgehead atoms. The van der Waals surface area contributed by atoms with Gasteiger partial charge < -0.3 is 89.9 Å². The molecule has 19 nitrogen and oxygen atoms in total. The highest BCUT2D eigenvalue weighted by molar-refractivity contribution is 5.76. The SMILES string of the molecule is CCCCCCCCCCCCCCCCCCCCCCCC/C=C/CC/C=C/C(O)C(COC1OC(CO)C(OC2OC(CO)C(OC3OC(CO)C(O)C(O)C3O)C(O)C2O)C(O)C1O)NC(=O)CCCCC. The molecule has 76 heavy (non-hydrogen) atoms. The van der Waals surface area contributed by atoms with Crippen LogP contribution in [0.1, 0.15) is 200 Å². The third kappa shape index (κ3) is 25.4. The summed E-state index contributed by atoms with van der Waals surface area (Å²) in [6.45, 7) is 1.50. The zero-order valence-electron chi connectivity index (χ0n) is 46.2. The number of nitrogens with one attached hydrogen (secondary N) is 1. The smallest absolute Gasteiger partial charge is 0.220 e. The fraction of sp³-hybridized carbons (Fsp3) is 0.912. The minimum atomic E-state index is -1.98. The van der Waals surface area contributed by atoms with E-state index in [0.29, 0.717) is 12.8 Å². The Kier molecular flexibility index (Phi) is 37.2. The maximum atomic E-state index is 12.9. The number of aliphatic hydroxyl groups is 11. The average Bonchev–Trinajstić information content (AvgIpc) is 3.42. The summed E-state index contributed by atoms with van der Waals surface area (Å²) in [7, 11) is 0. The first-order valence-corrected chi connectivity index (χ1v) is 29.6. The van der Waals surface area contributed by atoms with Crippen LogP contribution in [-0.4, -0.2) is 193 Å². The molecule has 446 valence electrons. The van der Waals surface area contributed by atoms with Crippen LogP contribution in [0.25, 0.3) is 0 Å². The van der Waals surface area contributed by atoms with E-state index in [9.17, 15) is 61.0 Å². The van der Waals surface area contributed by atoms with Gasteiger partial charge in [-0.15, -0.1) is 0 Å². The van der Waals surface area contributed by atoms with Crippen LogP contribution in [-0.2, 0) is 33.2 Å². The number of allylic oxidation sites excluding steroid dienone is 3. The third-order valence-electron chi connectivity index (χ3n) is 15.0. The van der Waals surface area contributed by atoms with Crippen LogP contribution in [0.15, 0.2) is 24.3 Å². The van der Waals surface area contributed by atoms with Gasteiger partial charge in [-0.05, 0) is 32.1 Å². The van der Waals surface area contributed by atoms with Crippen molar-refractivity contribution in [3.63, 3.8) is 0 Å². The molecule has 3 heterocycles. The maximum Gasteiger partial charge on any atom is 0.220 e. The van der Waals surface area contributed by atoms with Gasteiger partial charge in [0, 0.05) is 6.42 Å². The second-order valence-electron chi connectivity index (χ2n) is 21.5. The van der Waals surface area contributed by atoms with E-state index in [0.717, 1.165) is 32.1 Å². The van der Waals surface area contributed by atoms with Crippen molar-refractivity contribution in [1.29, 1.82) is 0 Å². The van der Waals surface area contributed by atoms with Gasteiger partial charge in [0.25, 0.3) is 0 Å². The molecule has 0 aliphatic carbocycles. The maximum absolute atomic E-state index is 12.9. The lowest BCUT2D eigenvalue weighted by Gasteiger charge is -2.48. The number of ether oxygens (including phenoxy) is 6. The minimum Gasteiger partial charge on any atom is -0.394 e. The van der Waals surface area contributed by atoms with E-state index in [1.165, 1.54) is 135 Å². The van der Waals surface area contributed by atoms with Gasteiger partial charge in [0.2, 0.25) is 5.91 Å². The molecular formula is C57H105NO18. The van der Waals surface area contributed by atoms with Gasteiger partial charge in [-0.2, -0.15) is 0 Å². The van der Waals surface area contributed by atoms with E-state index in [4.69, 9.17) is 28.4 Å². The highest BCUT2D eigenvalue weighted by Gasteiger charge is 2.53. The van der Waals surface area contributed by atoms with Crippen molar-refractivity contribution < 1.29 is 89.4 Å². The van der Waals surface area contributed by atoms with Crippen molar-refractivity contribution >= 4 is 5.91 Å². The van der Waals surface area contributed by atoms with Crippen molar-refractivity contribution in [2.75, 3.05) is 26.4 Å². The molecule has 17 unspecified atom stereocenters. The molecule has 3 aliphatic heterocycles. The van der Waals surface area contributed by atoms with Gasteiger partial charge in [0.1, 0.15) is 73.2 Å². The molecule has 1 amide bonds. The molecule has 3 rings (SSSR count). The Labute approximate surface area is 454 Å². The number of unbranched alkanes of at least 4 members (excludes halogenated alkanes) is 25. The van der Waals surface area contributed by atoms with Gasteiger partial charge >= 0.3 is 0 Å². The molecular weight excluding hydrogens is 987 g/mol. The molecule has 19 heteroatoms. The van der Waals surface area contributed by atoms with Crippen LogP contribution < -0.4 is 5.32 Å². The zero-order chi connectivity index (χ0) is 55.5. The highest BCUT2D eigenvalue weighted by Crippen LogP contribution is 2.33. The van der Waals surface area contributed by atoms with Crippen molar-refractivity contribution in [2.24, 2.45) is 0 Å². The van der Waals surface area contributed by atoms with E-state index >= 15 is 0 Å². The molecule has 0 saturated carbocycles. The number of aliphatic hydroxyl groups excluding tert-OH is 11. The number of carbonyl (C=O) groups excluding carboxylic acids is 1.